The fourth-order valence-corrected chi connectivity index (χ4v) is 3.25. The summed E-state index contributed by atoms with van der Waals surface area (Å²) in [5.41, 5.74) is -0.0796. The van der Waals surface area contributed by atoms with Crippen molar-refractivity contribution >= 4 is 19.6 Å². The first-order valence-corrected chi connectivity index (χ1v) is 7.58. The lowest BCUT2D eigenvalue weighted by atomic mass is 10.1. The van der Waals surface area contributed by atoms with Gasteiger partial charge in [-0.15, -0.1) is 5.43 Å². The standard InChI is InChI=1S/C10H19N2O7P/c1-6-7(20(15,16)17)8(13)12(6,18-5)11-9(14)19-10(2,3)4/h6-7H,1-5H3,(H2-,11,14,15,16,17)/p+1/t6-,7-,12+/m0/s1. The highest BCUT2D eigenvalue weighted by atomic mass is 31.2. The van der Waals surface area contributed by atoms with E-state index in [4.69, 9.17) is 19.4 Å². The van der Waals surface area contributed by atoms with Crippen LogP contribution >= 0.6 is 7.60 Å². The second kappa shape index (κ2) is 5.09. The maximum atomic E-state index is 12.0. The van der Waals surface area contributed by atoms with Gasteiger partial charge < -0.3 is 14.5 Å². The highest BCUT2D eigenvalue weighted by Gasteiger charge is 2.72. The van der Waals surface area contributed by atoms with Gasteiger partial charge in [-0.05, 0) is 32.5 Å². The van der Waals surface area contributed by atoms with Crippen molar-refractivity contribution in [2.45, 2.75) is 45.0 Å². The summed E-state index contributed by atoms with van der Waals surface area (Å²) in [6.07, 6.45) is -0.913. The van der Waals surface area contributed by atoms with Crippen molar-refractivity contribution in [3.63, 3.8) is 0 Å². The minimum Gasteiger partial charge on any atom is -0.441 e. The minimum atomic E-state index is -4.60. The second-order valence-corrected chi connectivity index (χ2v) is 7.30. The molecule has 0 radical (unpaired) electrons. The molecule has 1 fully saturated rings. The lowest BCUT2D eigenvalue weighted by Crippen LogP contribution is -2.81. The van der Waals surface area contributed by atoms with Gasteiger partial charge in [-0.3, -0.25) is 4.57 Å². The quantitative estimate of drug-likeness (QED) is 0.388. The average molecular weight is 311 g/mol. The van der Waals surface area contributed by atoms with Crippen molar-refractivity contribution < 1.29 is 38.3 Å². The summed E-state index contributed by atoms with van der Waals surface area (Å²) >= 11 is 0. The van der Waals surface area contributed by atoms with Gasteiger partial charge in [0.05, 0.1) is 7.11 Å². The van der Waals surface area contributed by atoms with Crippen molar-refractivity contribution in [3.05, 3.63) is 0 Å². The molecule has 0 unspecified atom stereocenters. The van der Waals surface area contributed by atoms with Crippen molar-refractivity contribution in [1.29, 1.82) is 0 Å². The largest absolute Gasteiger partial charge is 0.455 e. The topological polar surface area (TPSA) is 122 Å². The van der Waals surface area contributed by atoms with Crippen LogP contribution in [0, 0.1) is 0 Å². The molecule has 3 N–H and O–H groups in total. The predicted molar refractivity (Wildman–Crippen MR) is 66.9 cm³/mol. The number of β-lactam (4-membered cyclic amide) rings is 1. The van der Waals surface area contributed by atoms with E-state index in [9.17, 15) is 14.2 Å². The van der Waals surface area contributed by atoms with Crippen LogP contribution in [0.15, 0.2) is 0 Å². The summed E-state index contributed by atoms with van der Waals surface area (Å²) < 4.78 is 15.2. The lowest BCUT2D eigenvalue weighted by molar-refractivity contribution is -1.10. The normalized spacial score (nSPS) is 30.6. The maximum absolute atomic E-state index is 12.0. The number of carbonyl (C=O) groups excluding carboxylic acids is 2. The third-order valence-corrected chi connectivity index (χ3v) is 4.29. The van der Waals surface area contributed by atoms with Gasteiger partial charge in [-0.2, -0.15) is 4.84 Å². The first-order valence-electron chi connectivity index (χ1n) is 5.90. The van der Waals surface area contributed by atoms with E-state index in [0.717, 1.165) is 7.11 Å². The van der Waals surface area contributed by atoms with E-state index in [0.29, 0.717) is 0 Å². The number of hydrogen-bond acceptors (Lipinski definition) is 5. The zero-order chi connectivity index (χ0) is 15.9. The van der Waals surface area contributed by atoms with Crippen molar-refractivity contribution in [1.82, 2.24) is 5.43 Å². The summed E-state index contributed by atoms with van der Waals surface area (Å²) in [6, 6.07) is -0.930. The van der Waals surface area contributed by atoms with E-state index in [2.05, 4.69) is 5.43 Å². The Morgan fingerprint density at radius 3 is 2.20 bits per heavy atom. The number of ether oxygens (including phenoxy) is 1. The van der Waals surface area contributed by atoms with Gasteiger partial charge in [-0.1, -0.05) is 0 Å². The second-order valence-electron chi connectivity index (χ2n) is 5.57. The first kappa shape index (κ1) is 17.1. The van der Waals surface area contributed by atoms with Crippen LogP contribution in [0.4, 0.5) is 4.79 Å². The Bertz CT molecular complexity index is 469. The average Bonchev–Trinajstić information content (AvgIpc) is 2.21. The highest BCUT2D eigenvalue weighted by molar-refractivity contribution is 7.53. The Morgan fingerprint density at radius 1 is 1.40 bits per heavy atom. The molecule has 10 heteroatoms. The van der Waals surface area contributed by atoms with Gasteiger partial charge in [0.1, 0.15) is 5.60 Å². The molecule has 1 rings (SSSR count). The van der Waals surface area contributed by atoms with Crippen LogP contribution < -0.4 is 5.43 Å². The molecule has 1 aliphatic rings. The van der Waals surface area contributed by atoms with E-state index >= 15 is 0 Å². The first-order chi connectivity index (χ1) is 8.85. The number of carbonyl (C=O) groups is 2. The molecule has 116 valence electrons. The molecular weight excluding hydrogens is 291 g/mol. The molecule has 0 aromatic carbocycles. The predicted octanol–water partition coefficient (Wildman–Crippen LogP) is 0.279. The summed E-state index contributed by atoms with van der Waals surface area (Å²) in [4.78, 5) is 46.8. The third kappa shape index (κ3) is 3.02. The highest BCUT2D eigenvalue weighted by Crippen LogP contribution is 2.52. The zero-order valence-electron chi connectivity index (χ0n) is 12.0. The van der Waals surface area contributed by atoms with Gasteiger partial charge in [0.15, 0.2) is 6.04 Å². The lowest BCUT2D eigenvalue weighted by Gasteiger charge is -2.46. The van der Waals surface area contributed by atoms with E-state index in [1.807, 2.05) is 0 Å². The Kier molecular flexibility index (Phi) is 4.34. The molecule has 3 atom stereocenters. The minimum absolute atomic E-state index is 0.776. The van der Waals surface area contributed by atoms with Crippen molar-refractivity contribution in [2.24, 2.45) is 0 Å². The van der Waals surface area contributed by atoms with E-state index in [1.165, 1.54) is 6.92 Å². The summed E-state index contributed by atoms with van der Waals surface area (Å²) in [5.74, 6) is -0.917. The molecule has 9 nitrogen and oxygen atoms in total. The van der Waals surface area contributed by atoms with Crippen LogP contribution in [0.1, 0.15) is 27.7 Å². The SMILES string of the molecule is CO[N@@+]1(NC(=O)OC(C)(C)C)C(=O)[C@@H](P(=O)(O)O)[C@@H]1C. The molecule has 1 saturated heterocycles. The van der Waals surface area contributed by atoms with Gasteiger partial charge in [-0.25, -0.2) is 9.59 Å². The van der Waals surface area contributed by atoms with Crippen molar-refractivity contribution in [3.8, 4) is 0 Å². The van der Waals surface area contributed by atoms with Crippen LogP contribution in [-0.4, -0.2) is 51.0 Å². The van der Waals surface area contributed by atoms with Crippen LogP contribution in [0.2, 0.25) is 0 Å². The number of nitrogens with zero attached hydrogens (tertiary/aromatic N) is 1. The molecule has 0 bridgehead atoms. The van der Waals surface area contributed by atoms with Gasteiger partial charge in [0, 0.05) is 0 Å². The number of hydrogen-bond donors (Lipinski definition) is 3. The molecule has 0 spiro atoms. The Hall–Kier alpha value is -0.990. The van der Waals surface area contributed by atoms with Crippen LogP contribution in [0.25, 0.3) is 0 Å². The zero-order valence-corrected chi connectivity index (χ0v) is 12.9. The molecule has 20 heavy (non-hydrogen) atoms. The fourth-order valence-electron chi connectivity index (χ4n) is 2.04. The maximum Gasteiger partial charge on any atom is 0.455 e. The van der Waals surface area contributed by atoms with E-state index in [1.54, 1.807) is 20.8 Å². The number of hydroxylamine groups is 2. The molecule has 0 aliphatic carbocycles. The van der Waals surface area contributed by atoms with Crippen LogP contribution in [0.3, 0.4) is 0 Å². The Morgan fingerprint density at radius 2 is 1.90 bits per heavy atom. The summed E-state index contributed by atoms with van der Waals surface area (Å²) in [6.45, 7) is 6.32. The molecule has 1 aliphatic heterocycles. The summed E-state index contributed by atoms with van der Waals surface area (Å²) in [5, 5.41) is 0. The number of rotatable bonds is 3. The number of quaternary nitrogens is 1. The monoisotopic (exact) mass is 311 g/mol. The third-order valence-electron chi connectivity index (χ3n) is 2.92. The molecule has 0 aromatic heterocycles. The molecular formula is C10H20N2O7P+. The number of nitrogens with one attached hydrogen (secondary N) is 1. The molecule has 0 aromatic rings. The molecule has 1 heterocycles. The Labute approximate surface area is 116 Å². The van der Waals surface area contributed by atoms with Gasteiger partial charge in [0.2, 0.25) is 5.66 Å². The molecule has 0 saturated carbocycles. The molecule has 2 amide bonds. The van der Waals surface area contributed by atoms with Crippen molar-refractivity contribution in [2.75, 3.05) is 7.11 Å². The van der Waals surface area contributed by atoms with Gasteiger partial charge >= 0.3 is 19.6 Å². The smallest absolute Gasteiger partial charge is 0.441 e. The van der Waals surface area contributed by atoms with Gasteiger partial charge in [0.25, 0.3) is 0 Å². The van der Waals surface area contributed by atoms with Crippen LogP contribution in [0.5, 0.6) is 0 Å². The Balaban J connectivity index is 2.89. The fraction of sp³-hybridized carbons (Fsp3) is 0.800. The van der Waals surface area contributed by atoms with E-state index < -0.39 is 41.7 Å². The number of amides is 2. The van der Waals surface area contributed by atoms with Crippen LogP contribution in [-0.2, 0) is 18.9 Å². The summed E-state index contributed by atoms with van der Waals surface area (Å²) in [7, 11) is -3.44. The van der Waals surface area contributed by atoms with E-state index in [-0.39, 0.29) is 0 Å².